The van der Waals surface area contributed by atoms with Crippen molar-refractivity contribution in [3.8, 4) is 5.75 Å². The molecule has 1 atom stereocenters. The highest BCUT2D eigenvalue weighted by molar-refractivity contribution is 5.88. The topological polar surface area (TPSA) is 58.6 Å². The van der Waals surface area contributed by atoms with E-state index in [1.54, 1.807) is 12.0 Å². The van der Waals surface area contributed by atoms with Gasteiger partial charge in [-0.15, -0.1) is 0 Å². The summed E-state index contributed by atoms with van der Waals surface area (Å²) in [6.07, 6.45) is 1.39. The van der Waals surface area contributed by atoms with Crippen molar-refractivity contribution in [3.05, 3.63) is 101 Å². The van der Waals surface area contributed by atoms with Gasteiger partial charge in [-0.25, -0.2) is 0 Å². The highest BCUT2D eigenvalue weighted by Crippen LogP contribution is 2.20. The fraction of sp³-hybridized carbons (Fsp3) is 0.333. The molecule has 3 aromatic rings. The average molecular weight is 473 g/mol. The van der Waals surface area contributed by atoms with Gasteiger partial charge in [-0.2, -0.15) is 0 Å². The summed E-state index contributed by atoms with van der Waals surface area (Å²) in [6, 6.07) is 25.1. The Morgan fingerprint density at radius 1 is 0.886 bits per heavy atom. The van der Waals surface area contributed by atoms with Crippen LogP contribution in [0, 0.1) is 6.92 Å². The van der Waals surface area contributed by atoms with Crippen LogP contribution >= 0.6 is 0 Å². The van der Waals surface area contributed by atoms with Gasteiger partial charge < -0.3 is 15.0 Å². The summed E-state index contributed by atoms with van der Waals surface area (Å²) >= 11 is 0. The molecule has 3 rings (SSSR count). The van der Waals surface area contributed by atoms with Crippen molar-refractivity contribution in [1.29, 1.82) is 0 Å². The highest BCUT2D eigenvalue weighted by Gasteiger charge is 2.30. The van der Waals surface area contributed by atoms with Crippen molar-refractivity contribution in [2.24, 2.45) is 0 Å². The molecule has 1 unspecified atom stereocenters. The summed E-state index contributed by atoms with van der Waals surface area (Å²) < 4.78 is 5.39. The van der Waals surface area contributed by atoms with E-state index in [1.165, 1.54) is 5.56 Å². The fourth-order valence-electron chi connectivity index (χ4n) is 4.05. The number of hydrogen-bond acceptors (Lipinski definition) is 3. The quantitative estimate of drug-likeness (QED) is 0.422. The predicted molar refractivity (Wildman–Crippen MR) is 140 cm³/mol. The maximum atomic E-state index is 13.7. The number of nitrogens with zero attached hydrogens (tertiary/aromatic N) is 1. The monoisotopic (exact) mass is 472 g/mol. The number of carbonyl (C=O) groups excluding carboxylic acids is 2. The van der Waals surface area contributed by atoms with Crippen LogP contribution in [-0.2, 0) is 29.0 Å². The van der Waals surface area contributed by atoms with Crippen molar-refractivity contribution in [3.63, 3.8) is 0 Å². The van der Waals surface area contributed by atoms with Gasteiger partial charge >= 0.3 is 0 Å². The Hall–Kier alpha value is -3.60. The minimum absolute atomic E-state index is 0.0258. The molecule has 0 spiro atoms. The van der Waals surface area contributed by atoms with Crippen LogP contribution in [0.1, 0.15) is 42.5 Å². The highest BCUT2D eigenvalue weighted by atomic mass is 16.5. The van der Waals surface area contributed by atoms with Gasteiger partial charge in [-0.05, 0) is 56.0 Å². The van der Waals surface area contributed by atoms with E-state index in [-0.39, 0.29) is 17.9 Å². The number of amides is 2. The summed E-state index contributed by atoms with van der Waals surface area (Å²) in [5.41, 5.74) is 4.23. The molecule has 5 nitrogen and oxygen atoms in total. The fourth-order valence-corrected chi connectivity index (χ4v) is 4.05. The minimum Gasteiger partial charge on any atom is -0.497 e. The Balaban J connectivity index is 1.91. The Morgan fingerprint density at radius 3 is 2.23 bits per heavy atom. The lowest BCUT2D eigenvalue weighted by atomic mass is 10.0. The number of ether oxygens (including phenoxy) is 1. The molecule has 0 aromatic heterocycles. The van der Waals surface area contributed by atoms with Crippen LogP contribution in [0.15, 0.2) is 78.9 Å². The molecule has 0 aliphatic heterocycles. The van der Waals surface area contributed by atoms with Crippen LogP contribution in [-0.4, -0.2) is 35.9 Å². The first-order valence-corrected chi connectivity index (χ1v) is 12.2. The smallest absolute Gasteiger partial charge is 0.243 e. The first kappa shape index (κ1) is 26.0. The van der Waals surface area contributed by atoms with Crippen molar-refractivity contribution >= 4 is 11.8 Å². The van der Waals surface area contributed by atoms with Crippen LogP contribution < -0.4 is 10.1 Å². The van der Waals surface area contributed by atoms with E-state index in [9.17, 15) is 9.59 Å². The second kappa shape index (κ2) is 12.7. The Kier molecular flexibility index (Phi) is 9.47. The van der Waals surface area contributed by atoms with E-state index in [2.05, 4.69) is 29.6 Å². The van der Waals surface area contributed by atoms with E-state index < -0.39 is 6.04 Å². The van der Waals surface area contributed by atoms with E-state index in [0.29, 0.717) is 25.8 Å². The van der Waals surface area contributed by atoms with Crippen molar-refractivity contribution in [2.75, 3.05) is 7.11 Å². The van der Waals surface area contributed by atoms with Gasteiger partial charge in [0, 0.05) is 25.4 Å². The third-order valence-corrected chi connectivity index (χ3v) is 5.94. The molecule has 0 saturated heterocycles. The van der Waals surface area contributed by atoms with Gasteiger partial charge in [-0.3, -0.25) is 9.59 Å². The van der Waals surface area contributed by atoms with Gasteiger partial charge in [-0.1, -0.05) is 72.3 Å². The Labute approximate surface area is 209 Å². The number of nitrogens with one attached hydrogen (secondary N) is 1. The minimum atomic E-state index is -0.628. The van der Waals surface area contributed by atoms with Gasteiger partial charge in [0.25, 0.3) is 0 Å². The number of methoxy groups -OCH3 is 1. The molecule has 1 N–H and O–H groups in total. The number of rotatable bonds is 11. The molecule has 2 amide bonds. The summed E-state index contributed by atoms with van der Waals surface area (Å²) in [5, 5.41) is 3.03. The van der Waals surface area contributed by atoms with Crippen LogP contribution in [0.2, 0.25) is 0 Å². The van der Waals surface area contributed by atoms with Crippen LogP contribution in [0.4, 0.5) is 0 Å². The molecule has 3 aromatic carbocycles. The van der Waals surface area contributed by atoms with Crippen LogP contribution in [0.5, 0.6) is 5.75 Å². The third kappa shape index (κ3) is 7.99. The molecule has 0 fully saturated rings. The third-order valence-electron chi connectivity index (χ3n) is 5.94. The van der Waals surface area contributed by atoms with Crippen molar-refractivity contribution in [2.45, 2.75) is 58.7 Å². The van der Waals surface area contributed by atoms with Crippen LogP contribution in [0.3, 0.4) is 0 Å². The number of aryl methyl sites for hydroxylation is 2. The molecular weight excluding hydrogens is 436 g/mol. The predicted octanol–water partition coefficient (Wildman–Crippen LogP) is 5.10. The lowest BCUT2D eigenvalue weighted by molar-refractivity contribution is -0.141. The molecule has 0 saturated carbocycles. The summed E-state index contributed by atoms with van der Waals surface area (Å²) in [7, 11) is 1.62. The molecule has 5 heteroatoms. The zero-order valence-electron chi connectivity index (χ0n) is 21.2. The van der Waals surface area contributed by atoms with Crippen LogP contribution in [0.25, 0.3) is 0 Å². The maximum Gasteiger partial charge on any atom is 0.243 e. The summed E-state index contributed by atoms with van der Waals surface area (Å²) in [6.45, 7) is 6.24. The van der Waals surface area contributed by atoms with Gasteiger partial charge in [0.2, 0.25) is 11.8 Å². The van der Waals surface area contributed by atoms with Crippen molar-refractivity contribution in [1.82, 2.24) is 10.2 Å². The Bertz CT molecular complexity index is 1090. The Morgan fingerprint density at radius 2 is 1.57 bits per heavy atom. The van der Waals surface area contributed by atoms with E-state index in [0.717, 1.165) is 22.4 Å². The zero-order valence-corrected chi connectivity index (χ0v) is 21.2. The molecule has 0 aliphatic rings. The number of carbonyl (C=O) groups is 2. The molecule has 0 bridgehead atoms. The van der Waals surface area contributed by atoms with Gasteiger partial charge in [0.05, 0.1) is 7.11 Å². The normalized spacial score (nSPS) is 11.7. The standard InChI is InChI=1S/C30H36N2O3/c1-22(2)31-30(34)28(20-25-9-6-5-7-10-25)32(21-26-11-8-12-27(19-26)35-4)29(33)18-17-24-15-13-23(3)14-16-24/h5-16,19,22,28H,17-18,20-21H2,1-4H3,(H,31,34). The first-order chi connectivity index (χ1) is 16.9. The molecular formula is C30H36N2O3. The summed E-state index contributed by atoms with van der Waals surface area (Å²) in [4.78, 5) is 28.8. The molecule has 0 radical (unpaired) electrons. The molecule has 35 heavy (non-hydrogen) atoms. The largest absolute Gasteiger partial charge is 0.497 e. The lowest BCUT2D eigenvalue weighted by Crippen LogP contribution is -2.51. The molecule has 0 heterocycles. The van der Waals surface area contributed by atoms with E-state index in [4.69, 9.17) is 4.74 Å². The maximum absolute atomic E-state index is 13.7. The SMILES string of the molecule is COc1cccc(CN(C(=O)CCc2ccc(C)cc2)C(Cc2ccccc2)C(=O)NC(C)C)c1. The number of benzene rings is 3. The van der Waals surface area contributed by atoms with E-state index in [1.807, 2.05) is 75.4 Å². The second-order valence-electron chi connectivity index (χ2n) is 9.23. The van der Waals surface area contributed by atoms with E-state index >= 15 is 0 Å². The summed E-state index contributed by atoms with van der Waals surface area (Å²) in [5.74, 6) is 0.532. The van der Waals surface area contributed by atoms with Crippen molar-refractivity contribution < 1.29 is 14.3 Å². The van der Waals surface area contributed by atoms with Gasteiger partial charge in [0.1, 0.15) is 11.8 Å². The van der Waals surface area contributed by atoms with Gasteiger partial charge in [0.15, 0.2) is 0 Å². The second-order valence-corrected chi connectivity index (χ2v) is 9.23. The lowest BCUT2D eigenvalue weighted by Gasteiger charge is -2.32. The first-order valence-electron chi connectivity index (χ1n) is 12.2. The average Bonchev–Trinajstić information content (AvgIpc) is 2.86. The zero-order chi connectivity index (χ0) is 25.2. The molecule has 0 aliphatic carbocycles. The molecule has 184 valence electrons. The number of hydrogen-bond donors (Lipinski definition) is 1.